The van der Waals surface area contributed by atoms with Gasteiger partial charge >= 0.3 is 0 Å². The van der Waals surface area contributed by atoms with Gasteiger partial charge in [0.1, 0.15) is 0 Å². The Kier molecular flexibility index (Phi) is 2.63. The van der Waals surface area contributed by atoms with Crippen LogP contribution in [0.1, 0.15) is 23.1 Å². The highest BCUT2D eigenvalue weighted by atomic mass is 16.1. The Bertz CT molecular complexity index is 462. The molecule has 1 aromatic carbocycles. The van der Waals surface area contributed by atoms with Crippen molar-refractivity contribution in [3.8, 4) is 0 Å². The summed E-state index contributed by atoms with van der Waals surface area (Å²) in [5.41, 5.74) is 4.85. The molecule has 2 N–H and O–H groups in total. The van der Waals surface area contributed by atoms with Gasteiger partial charge in [-0.2, -0.15) is 0 Å². The second-order valence-electron chi connectivity index (χ2n) is 5.25. The van der Waals surface area contributed by atoms with E-state index in [9.17, 15) is 4.79 Å². The van der Waals surface area contributed by atoms with Crippen molar-refractivity contribution >= 4 is 11.6 Å². The van der Waals surface area contributed by atoms with Crippen molar-refractivity contribution in [1.82, 2.24) is 5.32 Å². The lowest BCUT2D eigenvalue weighted by molar-refractivity contribution is -0.115. The molecule has 0 saturated carbocycles. The van der Waals surface area contributed by atoms with Crippen LogP contribution in [0.3, 0.4) is 0 Å². The molecule has 1 atom stereocenters. The van der Waals surface area contributed by atoms with E-state index in [1.165, 1.54) is 23.1 Å². The third-order valence-electron chi connectivity index (χ3n) is 3.73. The smallest absolute Gasteiger partial charge is 0.228 e. The topological polar surface area (TPSA) is 41.1 Å². The molecule has 3 rings (SSSR count). The predicted molar refractivity (Wildman–Crippen MR) is 68.2 cm³/mol. The zero-order chi connectivity index (χ0) is 11.8. The number of carbonyl (C=O) groups excluding carboxylic acids is 1. The molecular formula is C14H18N2O. The van der Waals surface area contributed by atoms with Gasteiger partial charge in [-0.05, 0) is 49.9 Å². The van der Waals surface area contributed by atoms with Crippen molar-refractivity contribution in [2.75, 3.05) is 18.4 Å². The van der Waals surface area contributed by atoms with E-state index >= 15 is 0 Å². The van der Waals surface area contributed by atoms with Crippen molar-refractivity contribution in [3.05, 3.63) is 28.8 Å². The van der Waals surface area contributed by atoms with Crippen molar-refractivity contribution in [1.29, 1.82) is 0 Å². The van der Waals surface area contributed by atoms with Crippen molar-refractivity contribution in [2.24, 2.45) is 5.92 Å². The lowest BCUT2D eigenvalue weighted by Gasteiger charge is -2.13. The van der Waals surface area contributed by atoms with E-state index in [1.807, 2.05) is 0 Å². The number of amides is 1. The molecule has 0 aromatic heterocycles. The Morgan fingerprint density at radius 1 is 1.41 bits per heavy atom. The summed E-state index contributed by atoms with van der Waals surface area (Å²) in [6.45, 7) is 4.35. The lowest BCUT2D eigenvalue weighted by Crippen LogP contribution is -2.12. The molecule has 17 heavy (non-hydrogen) atoms. The van der Waals surface area contributed by atoms with Crippen LogP contribution in [0.2, 0.25) is 0 Å². The first kappa shape index (κ1) is 10.8. The molecule has 2 aliphatic heterocycles. The fraction of sp³-hybridized carbons (Fsp3) is 0.500. The summed E-state index contributed by atoms with van der Waals surface area (Å²) in [7, 11) is 0. The number of fused-ring (bicyclic) bond motifs is 1. The molecule has 1 amide bonds. The Morgan fingerprint density at radius 2 is 2.29 bits per heavy atom. The molecule has 2 heterocycles. The van der Waals surface area contributed by atoms with Crippen LogP contribution in [0.5, 0.6) is 0 Å². The number of nitrogens with one attached hydrogen (secondary N) is 2. The lowest BCUT2D eigenvalue weighted by atomic mass is 9.94. The number of rotatable bonds is 2. The maximum absolute atomic E-state index is 11.5. The Labute approximate surface area is 102 Å². The highest BCUT2D eigenvalue weighted by molar-refractivity contribution is 6.00. The number of aryl methyl sites for hydroxylation is 1. The molecule has 3 nitrogen and oxygen atoms in total. The summed E-state index contributed by atoms with van der Waals surface area (Å²) in [5, 5.41) is 6.40. The number of benzene rings is 1. The van der Waals surface area contributed by atoms with Gasteiger partial charge in [-0.1, -0.05) is 17.7 Å². The van der Waals surface area contributed by atoms with E-state index < -0.39 is 0 Å². The monoisotopic (exact) mass is 230 g/mol. The van der Waals surface area contributed by atoms with Crippen LogP contribution in [-0.2, 0) is 17.6 Å². The molecule has 0 spiro atoms. The zero-order valence-electron chi connectivity index (χ0n) is 10.2. The molecule has 1 aromatic rings. The van der Waals surface area contributed by atoms with Gasteiger partial charge in [0.2, 0.25) is 5.91 Å². The summed E-state index contributed by atoms with van der Waals surface area (Å²) in [5.74, 6) is 0.856. The summed E-state index contributed by atoms with van der Waals surface area (Å²) in [6.07, 6.45) is 2.88. The van der Waals surface area contributed by atoms with E-state index in [1.54, 1.807) is 0 Å². The number of hydrogen-bond acceptors (Lipinski definition) is 2. The van der Waals surface area contributed by atoms with Gasteiger partial charge in [0.05, 0.1) is 6.42 Å². The molecule has 90 valence electrons. The van der Waals surface area contributed by atoms with Gasteiger partial charge < -0.3 is 10.6 Å². The Hall–Kier alpha value is -1.35. The first-order valence-electron chi connectivity index (χ1n) is 6.35. The molecule has 0 bridgehead atoms. The van der Waals surface area contributed by atoms with Gasteiger partial charge in [0, 0.05) is 5.69 Å². The molecule has 1 unspecified atom stereocenters. The zero-order valence-corrected chi connectivity index (χ0v) is 10.2. The van der Waals surface area contributed by atoms with E-state index in [2.05, 4.69) is 29.7 Å². The van der Waals surface area contributed by atoms with Crippen molar-refractivity contribution in [3.63, 3.8) is 0 Å². The van der Waals surface area contributed by atoms with Gasteiger partial charge in [0.15, 0.2) is 0 Å². The van der Waals surface area contributed by atoms with Crippen LogP contribution in [0.15, 0.2) is 12.1 Å². The summed E-state index contributed by atoms with van der Waals surface area (Å²) in [6, 6.07) is 4.35. The minimum absolute atomic E-state index is 0.136. The average Bonchev–Trinajstić information content (AvgIpc) is 2.86. The van der Waals surface area contributed by atoms with Gasteiger partial charge in [-0.25, -0.2) is 0 Å². The Balaban J connectivity index is 1.90. The second kappa shape index (κ2) is 4.15. The normalized spacial score (nSPS) is 22.6. The summed E-state index contributed by atoms with van der Waals surface area (Å²) in [4.78, 5) is 11.5. The first-order valence-corrected chi connectivity index (χ1v) is 6.35. The molecular weight excluding hydrogens is 212 g/mol. The van der Waals surface area contributed by atoms with Crippen molar-refractivity contribution in [2.45, 2.75) is 26.2 Å². The summed E-state index contributed by atoms with van der Waals surface area (Å²) >= 11 is 0. The van der Waals surface area contributed by atoms with E-state index in [-0.39, 0.29) is 5.91 Å². The van der Waals surface area contributed by atoms with Crippen LogP contribution in [0.4, 0.5) is 5.69 Å². The fourth-order valence-electron chi connectivity index (χ4n) is 2.96. The van der Waals surface area contributed by atoms with Crippen LogP contribution < -0.4 is 10.6 Å². The van der Waals surface area contributed by atoms with Crippen LogP contribution >= 0.6 is 0 Å². The number of carbonyl (C=O) groups is 1. The molecule has 0 aliphatic carbocycles. The molecule has 1 fully saturated rings. The highest BCUT2D eigenvalue weighted by Gasteiger charge is 2.23. The molecule has 3 heteroatoms. The molecule has 0 radical (unpaired) electrons. The fourth-order valence-corrected chi connectivity index (χ4v) is 2.96. The van der Waals surface area contributed by atoms with E-state index in [0.29, 0.717) is 6.42 Å². The SMILES string of the molecule is Cc1cc2c(c(CC3CCNC3)c1)NC(=O)C2. The summed E-state index contributed by atoms with van der Waals surface area (Å²) < 4.78 is 0. The molecule has 2 aliphatic rings. The minimum atomic E-state index is 0.136. The third kappa shape index (κ3) is 2.07. The van der Waals surface area contributed by atoms with E-state index in [0.717, 1.165) is 31.1 Å². The maximum Gasteiger partial charge on any atom is 0.228 e. The first-order chi connectivity index (χ1) is 8.22. The number of hydrogen-bond donors (Lipinski definition) is 2. The average molecular weight is 230 g/mol. The largest absolute Gasteiger partial charge is 0.325 e. The third-order valence-corrected chi connectivity index (χ3v) is 3.73. The predicted octanol–water partition coefficient (Wildman–Crippen LogP) is 1.64. The maximum atomic E-state index is 11.5. The Morgan fingerprint density at radius 3 is 3.06 bits per heavy atom. The van der Waals surface area contributed by atoms with Crippen LogP contribution in [0, 0.1) is 12.8 Å². The highest BCUT2D eigenvalue weighted by Crippen LogP contribution is 2.31. The quantitative estimate of drug-likeness (QED) is 0.811. The second-order valence-corrected chi connectivity index (χ2v) is 5.25. The van der Waals surface area contributed by atoms with Gasteiger partial charge in [-0.15, -0.1) is 0 Å². The number of anilines is 1. The van der Waals surface area contributed by atoms with Gasteiger partial charge in [-0.3, -0.25) is 4.79 Å². The van der Waals surface area contributed by atoms with Gasteiger partial charge in [0.25, 0.3) is 0 Å². The van der Waals surface area contributed by atoms with Crippen molar-refractivity contribution < 1.29 is 4.79 Å². The molecule has 1 saturated heterocycles. The van der Waals surface area contributed by atoms with Crippen LogP contribution in [0.25, 0.3) is 0 Å². The minimum Gasteiger partial charge on any atom is -0.325 e. The van der Waals surface area contributed by atoms with Crippen LogP contribution in [-0.4, -0.2) is 19.0 Å². The van der Waals surface area contributed by atoms with E-state index in [4.69, 9.17) is 0 Å². The standard InChI is InChI=1S/C14H18N2O/c1-9-4-11(6-10-2-3-15-8-10)14-12(5-9)7-13(17)16-14/h4-5,10,15H,2-3,6-8H2,1H3,(H,16,17).